The fourth-order valence-electron chi connectivity index (χ4n) is 2.67. The summed E-state index contributed by atoms with van der Waals surface area (Å²) < 4.78 is 1.58. The molecule has 1 aliphatic heterocycles. The quantitative estimate of drug-likeness (QED) is 0.876. The number of aryl methyl sites for hydroxylation is 1. The predicted octanol–water partition coefficient (Wildman–Crippen LogP) is 0.551. The maximum atomic E-state index is 12.4. The minimum Gasteiger partial charge on any atom is -0.353 e. The molecule has 3 rings (SSSR count). The monoisotopic (exact) mass is 276 g/mol. The lowest BCUT2D eigenvalue weighted by atomic mass is 9.97. The van der Waals surface area contributed by atoms with Crippen molar-refractivity contribution in [2.45, 2.75) is 31.7 Å². The second-order valence-electron chi connectivity index (χ2n) is 5.71. The highest BCUT2D eigenvalue weighted by Gasteiger charge is 2.32. The summed E-state index contributed by atoms with van der Waals surface area (Å²) in [5.74, 6) is 0.00505. The van der Waals surface area contributed by atoms with E-state index >= 15 is 0 Å². The Labute approximate surface area is 118 Å². The van der Waals surface area contributed by atoms with E-state index in [1.807, 2.05) is 0 Å². The number of nitrogens with one attached hydrogen (secondary N) is 1. The van der Waals surface area contributed by atoms with E-state index in [-0.39, 0.29) is 17.7 Å². The van der Waals surface area contributed by atoms with Crippen molar-refractivity contribution in [1.82, 2.24) is 20.0 Å². The number of piperidine rings is 1. The molecule has 2 fully saturated rings. The van der Waals surface area contributed by atoms with Crippen LogP contribution in [0, 0.1) is 5.92 Å². The van der Waals surface area contributed by atoms with Crippen molar-refractivity contribution in [1.29, 1.82) is 0 Å². The summed E-state index contributed by atoms with van der Waals surface area (Å²) in [6.07, 6.45) is 5.56. The normalized spacial score (nSPS) is 22.6. The first-order chi connectivity index (χ1) is 9.65. The Morgan fingerprint density at radius 2 is 2.15 bits per heavy atom. The number of amides is 2. The number of carbonyl (C=O) groups excluding carboxylic acids is 2. The maximum Gasteiger partial charge on any atom is 0.272 e. The SMILES string of the molecule is Cn1nccc1C(=O)N1CCCC(C(=O)NC2CC2)C1. The number of hydrogen-bond acceptors (Lipinski definition) is 3. The molecule has 6 nitrogen and oxygen atoms in total. The number of rotatable bonds is 3. The van der Waals surface area contributed by atoms with Crippen LogP contribution >= 0.6 is 0 Å². The average Bonchev–Trinajstić information content (AvgIpc) is 3.17. The first-order valence-corrected chi connectivity index (χ1v) is 7.23. The molecule has 2 heterocycles. The molecule has 1 aliphatic carbocycles. The molecule has 1 aromatic rings. The smallest absolute Gasteiger partial charge is 0.272 e. The minimum atomic E-state index is -0.0680. The van der Waals surface area contributed by atoms with Crippen molar-refractivity contribution in [2.24, 2.45) is 13.0 Å². The van der Waals surface area contributed by atoms with Gasteiger partial charge in [0.1, 0.15) is 5.69 Å². The highest BCUT2D eigenvalue weighted by atomic mass is 16.2. The van der Waals surface area contributed by atoms with E-state index in [0.717, 1.165) is 32.2 Å². The maximum absolute atomic E-state index is 12.4. The van der Waals surface area contributed by atoms with E-state index in [1.54, 1.807) is 28.9 Å². The molecule has 0 aromatic carbocycles. The van der Waals surface area contributed by atoms with Crippen molar-refractivity contribution in [2.75, 3.05) is 13.1 Å². The Morgan fingerprint density at radius 3 is 2.80 bits per heavy atom. The topological polar surface area (TPSA) is 67.2 Å². The summed E-state index contributed by atoms with van der Waals surface area (Å²) >= 11 is 0. The summed E-state index contributed by atoms with van der Waals surface area (Å²) in [5.41, 5.74) is 0.577. The van der Waals surface area contributed by atoms with Gasteiger partial charge in [0.2, 0.25) is 5.91 Å². The van der Waals surface area contributed by atoms with Gasteiger partial charge < -0.3 is 10.2 Å². The molecule has 20 heavy (non-hydrogen) atoms. The number of aromatic nitrogens is 2. The molecule has 2 amide bonds. The Balaban J connectivity index is 1.63. The second-order valence-corrected chi connectivity index (χ2v) is 5.71. The van der Waals surface area contributed by atoms with Crippen LogP contribution in [0.5, 0.6) is 0 Å². The van der Waals surface area contributed by atoms with Gasteiger partial charge in [-0.15, -0.1) is 0 Å². The highest BCUT2D eigenvalue weighted by Crippen LogP contribution is 2.22. The van der Waals surface area contributed by atoms with Gasteiger partial charge in [0.15, 0.2) is 0 Å². The van der Waals surface area contributed by atoms with Crippen LogP contribution < -0.4 is 5.32 Å². The van der Waals surface area contributed by atoms with Crippen molar-refractivity contribution in [3.8, 4) is 0 Å². The molecule has 0 radical (unpaired) electrons. The van der Waals surface area contributed by atoms with Gasteiger partial charge in [0.05, 0.1) is 5.92 Å². The first-order valence-electron chi connectivity index (χ1n) is 7.23. The van der Waals surface area contributed by atoms with Crippen LogP contribution in [0.1, 0.15) is 36.2 Å². The fraction of sp³-hybridized carbons (Fsp3) is 0.643. The third kappa shape index (κ3) is 2.69. The second kappa shape index (κ2) is 5.26. The Bertz CT molecular complexity index is 521. The van der Waals surface area contributed by atoms with Crippen LogP contribution in [0.2, 0.25) is 0 Å². The molecule has 1 aromatic heterocycles. The van der Waals surface area contributed by atoms with Crippen LogP contribution in [0.15, 0.2) is 12.3 Å². The summed E-state index contributed by atoms with van der Waals surface area (Å²) in [4.78, 5) is 26.3. The van der Waals surface area contributed by atoms with E-state index in [1.165, 1.54) is 0 Å². The third-order valence-corrected chi connectivity index (χ3v) is 4.04. The Kier molecular flexibility index (Phi) is 3.46. The summed E-state index contributed by atoms with van der Waals surface area (Å²) in [6, 6.07) is 2.10. The largest absolute Gasteiger partial charge is 0.353 e. The van der Waals surface area contributed by atoms with Gasteiger partial charge in [0.25, 0.3) is 5.91 Å². The molecule has 6 heteroatoms. The van der Waals surface area contributed by atoms with E-state index in [9.17, 15) is 9.59 Å². The number of carbonyl (C=O) groups is 2. The fourth-order valence-corrected chi connectivity index (χ4v) is 2.67. The number of likely N-dealkylation sites (tertiary alicyclic amines) is 1. The predicted molar refractivity (Wildman–Crippen MR) is 73.0 cm³/mol. The lowest BCUT2D eigenvalue weighted by Crippen LogP contribution is -2.46. The lowest BCUT2D eigenvalue weighted by molar-refractivity contribution is -0.126. The third-order valence-electron chi connectivity index (χ3n) is 4.04. The Morgan fingerprint density at radius 1 is 1.35 bits per heavy atom. The number of nitrogens with zero attached hydrogens (tertiary/aromatic N) is 3. The van der Waals surface area contributed by atoms with Crippen LogP contribution in [-0.2, 0) is 11.8 Å². The Hall–Kier alpha value is -1.85. The van der Waals surface area contributed by atoms with Crippen molar-refractivity contribution >= 4 is 11.8 Å². The van der Waals surface area contributed by atoms with Crippen LogP contribution in [0.4, 0.5) is 0 Å². The molecule has 1 atom stereocenters. The molecule has 0 spiro atoms. The molecule has 1 saturated carbocycles. The van der Waals surface area contributed by atoms with Gasteiger partial charge >= 0.3 is 0 Å². The average molecular weight is 276 g/mol. The molecule has 1 saturated heterocycles. The van der Waals surface area contributed by atoms with Gasteiger partial charge in [-0.1, -0.05) is 0 Å². The highest BCUT2D eigenvalue weighted by molar-refractivity contribution is 5.93. The molecule has 2 aliphatic rings. The summed E-state index contributed by atoms with van der Waals surface area (Å²) in [7, 11) is 1.76. The van der Waals surface area contributed by atoms with E-state index in [2.05, 4.69) is 10.4 Å². The van der Waals surface area contributed by atoms with Gasteiger partial charge in [0, 0.05) is 32.4 Å². The lowest BCUT2D eigenvalue weighted by Gasteiger charge is -2.32. The molecular formula is C14H20N4O2. The summed E-state index contributed by atoms with van der Waals surface area (Å²) in [5, 5.41) is 7.06. The van der Waals surface area contributed by atoms with Crippen molar-refractivity contribution in [3.05, 3.63) is 18.0 Å². The van der Waals surface area contributed by atoms with E-state index < -0.39 is 0 Å². The first kappa shape index (κ1) is 13.1. The van der Waals surface area contributed by atoms with E-state index in [4.69, 9.17) is 0 Å². The molecule has 0 bridgehead atoms. The van der Waals surface area contributed by atoms with Gasteiger partial charge in [-0.25, -0.2) is 0 Å². The standard InChI is InChI=1S/C14H20N4O2/c1-17-12(6-7-15-17)14(20)18-8-2-3-10(9-18)13(19)16-11-4-5-11/h6-7,10-11H,2-5,8-9H2,1H3,(H,16,19). The molecule has 1 unspecified atom stereocenters. The molecular weight excluding hydrogens is 256 g/mol. The van der Waals surface area contributed by atoms with Gasteiger partial charge in [-0.2, -0.15) is 5.10 Å². The van der Waals surface area contributed by atoms with E-state index in [0.29, 0.717) is 18.3 Å². The number of hydrogen-bond donors (Lipinski definition) is 1. The van der Waals surface area contributed by atoms with Crippen LogP contribution in [0.3, 0.4) is 0 Å². The minimum absolute atomic E-state index is 0.0334. The zero-order chi connectivity index (χ0) is 14.1. The van der Waals surface area contributed by atoms with Gasteiger partial charge in [-0.05, 0) is 31.7 Å². The van der Waals surface area contributed by atoms with Crippen molar-refractivity contribution in [3.63, 3.8) is 0 Å². The summed E-state index contributed by atoms with van der Waals surface area (Å²) in [6.45, 7) is 1.24. The van der Waals surface area contributed by atoms with Crippen molar-refractivity contribution < 1.29 is 9.59 Å². The zero-order valence-electron chi connectivity index (χ0n) is 11.7. The molecule has 1 N–H and O–H groups in total. The van der Waals surface area contributed by atoms with Gasteiger partial charge in [-0.3, -0.25) is 14.3 Å². The zero-order valence-corrected chi connectivity index (χ0v) is 11.7. The van der Waals surface area contributed by atoms with Crippen LogP contribution in [0.25, 0.3) is 0 Å². The molecule has 108 valence electrons. The van der Waals surface area contributed by atoms with Crippen LogP contribution in [-0.4, -0.2) is 45.6 Å².